The summed E-state index contributed by atoms with van der Waals surface area (Å²) in [7, 11) is -3.60. The first-order chi connectivity index (χ1) is 10.5. The van der Waals surface area contributed by atoms with E-state index in [1.807, 2.05) is 0 Å². The fourth-order valence-corrected chi connectivity index (χ4v) is 4.87. The number of fused-ring (bicyclic) bond motifs is 1. The molecule has 3 N–H and O–H groups in total. The molecule has 0 saturated heterocycles. The van der Waals surface area contributed by atoms with E-state index in [1.54, 1.807) is 41.2 Å². The number of nitrogens with one attached hydrogen (secondary N) is 2. The molecule has 3 rings (SSSR count). The summed E-state index contributed by atoms with van der Waals surface area (Å²) in [5, 5.41) is 11.1. The monoisotopic (exact) mass is 354 g/mol. The Labute approximate surface area is 134 Å². The van der Waals surface area contributed by atoms with E-state index in [0.29, 0.717) is 10.6 Å². The minimum absolute atomic E-state index is 0.235. The molecule has 0 spiro atoms. The Balaban J connectivity index is 1.94. The van der Waals surface area contributed by atoms with Crippen LogP contribution in [0.3, 0.4) is 0 Å². The second-order valence-electron chi connectivity index (χ2n) is 4.34. The van der Waals surface area contributed by atoms with Crippen molar-refractivity contribution in [3.05, 3.63) is 46.7 Å². The molecule has 1 aromatic carbocycles. The lowest BCUT2D eigenvalue weighted by Gasteiger charge is -2.06. The largest absolute Gasteiger partial charge is 0.288 e. The highest BCUT2D eigenvalue weighted by Gasteiger charge is 2.16. The van der Waals surface area contributed by atoms with Crippen molar-refractivity contribution in [1.29, 1.82) is 0 Å². The number of amides is 1. The number of hydrogen-bond acceptors (Lipinski definition) is 6. The molecule has 0 aliphatic carbocycles. The quantitative estimate of drug-likeness (QED) is 0.496. The zero-order chi connectivity index (χ0) is 15.7. The molecule has 3 aromatic rings. The zero-order valence-corrected chi connectivity index (χ0v) is 13.4. The molecule has 6 nitrogen and oxygen atoms in total. The fourth-order valence-electron chi connectivity index (χ4n) is 1.90. The van der Waals surface area contributed by atoms with E-state index in [4.69, 9.17) is 5.21 Å². The van der Waals surface area contributed by atoms with Gasteiger partial charge in [0.2, 0.25) is 0 Å². The molecule has 1 amide bonds. The summed E-state index contributed by atoms with van der Waals surface area (Å²) < 4.78 is 27.9. The molecule has 2 heterocycles. The van der Waals surface area contributed by atoms with Crippen molar-refractivity contribution in [3.8, 4) is 0 Å². The maximum absolute atomic E-state index is 12.2. The van der Waals surface area contributed by atoms with Gasteiger partial charge in [-0.05, 0) is 41.1 Å². The molecule has 0 atom stereocenters. The SMILES string of the molecule is O=C(NO)c1cc2cc(NS(=O)(=O)c3cccs3)ccc2s1. The highest BCUT2D eigenvalue weighted by Crippen LogP contribution is 2.29. The molecular formula is C13H10N2O4S3. The molecule has 0 radical (unpaired) electrons. The average molecular weight is 354 g/mol. The third-order valence-electron chi connectivity index (χ3n) is 2.85. The van der Waals surface area contributed by atoms with Crippen molar-refractivity contribution in [1.82, 2.24) is 5.48 Å². The van der Waals surface area contributed by atoms with Crippen LogP contribution < -0.4 is 10.2 Å². The van der Waals surface area contributed by atoms with Gasteiger partial charge in [-0.1, -0.05) is 6.07 Å². The van der Waals surface area contributed by atoms with Crippen molar-refractivity contribution >= 4 is 54.4 Å². The topological polar surface area (TPSA) is 95.5 Å². The average Bonchev–Trinajstić information content (AvgIpc) is 3.15. The first kappa shape index (κ1) is 15.0. The lowest BCUT2D eigenvalue weighted by molar-refractivity contribution is 0.0711. The Kier molecular flexibility index (Phi) is 3.87. The van der Waals surface area contributed by atoms with Crippen LogP contribution in [0.15, 0.2) is 46.0 Å². The predicted molar refractivity (Wildman–Crippen MR) is 86.2 cm³/mol. The molecule has 0 unspecified atom stereocenters. The van der Waals surface area contributed by atoms with Gasteiger partial charge in [-0.15, -0.1) is 22.7 Å². The number of hydrogen-bond donors (Lipinski definition) is 3. The van der Waals surface area contributed by atoms with Gasteiger partial charge in [0, 0.05) is 10.4 Å². The van der Waals surface area contributed by atoms with E-state index in [9.17, 15) is 13.2 Å². The minimum Gasteiger partial charge on any atom is -0.288 e. The molecule has 0 bridgehead atoms. The minimum atomic E-state index is -3.60. The molecule has 0 aliphatic heterocycles. The second-order valence-corrected chi connectivity index (χ2v) is 8.28. The van der Waals surface area contributed by atoms with Gasteiger partial charge in [0.05, 0.1) is 4.88 Å². The summed E-state index contributed by atoms with van der Waals surface area (Å²) >= 11 is 2.34. The van der Waals surface area contributed by atoms with Gasteiger partial charge in [0.1, 0.15) is 4.21 Å². The lowest BCUT2D eigenvalue weighted by Crippen LogP contribution is -2.16. The summed E-state index contributed by atoms with van der Waals surface area (Å²) in [6.45, 7) is 0. The zero-order valence-electron chi connectivity index (χ0n) is 10.9. The summed E-state index contributed by atoms with van der Waals surface area (Å²) in [6, 6.07) is 9.78. The molecule has 0 aliphatic rings. The lowest BCUT2D eigenvalue weighted by atomic mass is 10.2. The number of benzene rings is 1. The number of carbonyl (C=O) groups is 1. The molecule has 22 heavy (non-hydrogen) atoms. The van der Waals surface area contributed by atoms with Crippen molar-refractivity contribution in [3.63, 3.8) is 0 Å². The molecule has 0 fully saturated rings. The van der Waals surface area contributed by atoms with Gasteiger partial charge in [-0.3, -0.25) is 14.7 Å². The fraction of sp³-hybridized carbons (Fsp3) is 0. The Morgan fingerprint density at radius 2 is 2.00 bits per heavy atom. The number of sulfonamides is 1. The van der Waals surface area contributed by atoms with Gasteiger partial charge < -0.3 is 0 Å². The van der Waals surface area contributed by atoms with Crippen LogP contribution >= 0.6 is 22.7 Å². The molecule has 0 saturated carbocycles. The van der Waals surface area contributed by atoms with E-state index in [2.05, 4.69) is 4.72 Å². The van der Waals surface area contributed by atoms with Crippen molar-refractivity contribution in [2.24, 2.45) is 0 Å². The van der Waals surface area contributed by atoms with Crippen molar-refractivity contribution in [2.45, 2.75) is 4.21 Å². The maximum atomic E-state index is 12.2. The van der Waals surface area contributed by atoms with Gasteiger partial charge in [-0.25, -0.2) is 13.9 Å². The Morgan fingerprint density at radius 1 is 1.18 bits per heavy atom. The summed E-state index contributed by atoms with van der Waals surface area (Å²) in [6.07, 6.45) is 0. The summed E-state index contributed by atoms with van der Waals surface area (Å²) in [4.78, 5) is 11.7. The molecule has 2 aromatic heterocycles. The third kappa shape index (κ3) is 2.83. The predicted octanol–water partition coefficient (Wildman–Crippen LogP) is 2.88. The van der Waals surface area contributed by atoms with Crippen LogP contribution in [0.25, 0.3) is 10.1 Å². The number of anilines is 1. The molecular weight excluding hydrogens is 344 g/mol. The van der Waals surface area contributed by atoms with Gasteiger partial charge >= 0.3 is 0 Å². The van der Waals surface area contributed by atoms with E-state index >= 15 is 0 Å². The van der Waals surface area contributed by atoms with Crippen LogP contribution in [-0.4, -0.2) is 19.5 Å². The van der Waals surface area contributed by atoms with E-state index in [1.165, 1.54) is 17.4 Å². The standard InChI is InChI=1S/C13H10N2O4S3/c16-13(14-17)11-7-8-6-9(3-4-10(8)21-11)15-22(18,19)12-2-1-5-20-12/h1-7,15,17H,(H,14,16). The van der Waals surface area contributed by atoms with Gasteiger partial charge in [0.15, 0.2) is 0 Å². The van der Waals surface area contributed by atoms with Crippen molar-refractivity contribution in [2.75, 3.05) is 4.72 Å². The van der Waals surface area contributed by atoms with Gasteiger partial charge in [-0.2, -0.15) is 0 Å². The number of hydroxylamine groups is 1. The van der Waals surface area contributed by atoms with Crippen LogP contribution in [0.5, 0.6) is 0 Å². The first-order valence-corrected chi connectivity index (χ1v) is 9.22. The summed E-state index contributed by atoms with van der Waals surface area (Å²) in [5.74, 6) is -0.595. The Morgan fingerprint density at radius 3 is 2.68 bits per heavy atom. The first-order valence-electron chi connectivity index (χ1n) is 6.04. The van der Waals surface area contributed by atoms with E-state index in [-0.39, 0.29) is 4.21 Å². The van der Waals surface area contributed by atoms with Crippen LogP contribution in [0, 0.1) is 0 Å². The Hall–Kier alpha value is -1.94. The molecule has 114 valence electrons. The van der Waals surface area contributed by atoms with E-state index < -0.39 is 15.9 Å². The van der Waals surface area contributed by atoms with Crippen LogP contribution in [0.2, 0.25) is 0 Å². The highest BCUT2D eigenvalue weighted by molar-refractivity contribution is 7.94. The number of carbonyl (C=O) groups excluding carboxylic acids is 1. The molecule has 9 heteroatoms. The number of rotatable bonds is 4. The maximum Gasteiger partial charge on any atom is 0.284 e. The second kappa shape index (κ2) is 5.69. The number of thiophene rings is 2. The van der Waals surface area contributed by atoms with Crippen LogP contribution in [0.4, 0.5) is 5.69 Å². The van der Waals surface area contributed by atoms with Crippen LogP contribution in [-0.2, 0) is 10.0 Å². The van der Waals surface area contributed by atoms with E-state index in [0.717, 1.165) is 21.4 Å². The Bertz CT molecular complexity index is 930. The summed E-state index contributed by atoms with van der Waals surface area (Å²) in [5.41, 5.74) is 1.99. The van der Waals surface area contributed by atoms with Gasteiger partial charge in [0.25, 0.3) is 15.9 Å². The normalized spacial score (nSPS) is 11.5. The van der Waals surface area contributed by atoms with Crippen molar-refractivity contribution < 1.29 is 18.4 Å². The third-order valence-corrected chi connectivity index (χ3v) is 6.75. The highest BCUT2D eigenvalue weighted by atomic mass is 32.2. The van der Waals surface area contributed by atoms with Crippen LogP contribution in [0.1, 0.15) is 9.67 Å². The smallest absolute Gasteiger partial charge is 0.284 e.